The predicted molar refractivity (Wildman–Crippen MR) is 104 cm³/mol. The van der Waals surface area contributed by atoms with Crippen LogP contribution < -0.4 is 9.64 Å². The average molecular weight is 369 g/mol. The zero-order valence-corrected chi connectivity index (χ0v) is 16.5. The highest BCUT2D eigenvalue weighted by Crippen LogP contribution is 2.24. The van der Waals surface area contributed by atoms with Crippen molar-refractivity contribution in [1.82, 2.24) is 9.78 Å². The van der Waals surface area contributed by atoms with Gasteiger partial charge in [0.25, 0.3) is 0 Å². The molecule has 6 nitrogen and oxygen atoms in total. The van der Waals surface area contributed by atoms with Gasteiger partial charge in [-0.2, -0.15) is 5.10 Å². The third-order valence-corrected chi connectivity index (χ3v) is 4.84. The molecule has 1 aromatic heterocycles. The lowest BCUT2D eigenvalue weighted by Crippen LogP contribution is -2.23. The molecule has 1 aliphatic heterocycles. The average Bonchev–Trinajstić information content (AvgIpc) is 3.14. The van der Waals surface area contributed by atoms with E-state index < -0.39 is 0 Å². The molecule has 0 N–H and O–H groups in total. The van der Waals surface area contributed by atoms with E-state index in [2.05, 4.69) is 18.9 Å². The minimum Gasteiger partial charge on any atom is -0.426 e. The second-order valence-electron chi connectivity index (χ2n) is 7.52. The molecule has 1 fully saturated rings. The number of anilines is 1. The summed E-state index contributed by atoms with van der Waals surface area (Å²) in [5.74, 6) is 0.809. The van der Waals surface area contributed by atoms with Crippen LogP contribution in [0.4, 0.5) is 5.69 Å². The van der Waals surface area contributed by atoms with E-state index in [-0.39, 0.29) is 18.3 Å². The molecule has 0 saturated carbocycles. The van der Waals surface area contributed by atoms with E-state index in [1.165, 1.54) is 0 Å². The minimum absolute atomic E-state index is 0.143. The van der Waals surface area contributed by atoms with Gasteiger partial charge in [0, 0.05) is 36.5 Å². The molecule has 0 radical (unpaired) electrons. The Morgan fingerprint density at radius 2 is 1.93 bits per heavy atom. The summed E-state index contributed by atoms with van der Waals surface area (Å²) in [7, 11) is 0. The van der Waals surface area contributed by atoms with Crippen LogP contribution >= 0.6 is 0 Å². The molecular formula is C21H27N3O3. The summed E-state index contributed by atoms with van der Waals surface area (Å²) in [6.07, 6.45) is 1.68. The lowest BCUT2D eigenvalue weighted by Gasteiger charge is -2.15. The zero-order valence-electron chi connectivity index (χ0n) is 16.5. The molecule has 1 aliphatic rings. The number of rotatable bonds is 6. The molecular weight excluding hydrogens is 342 g/mol. The van der Waals surface area contributed by atoms with Crippen molar-refractivity contribution in [3.8, 4) is 5.75 Å². The highest BCUT2D eigenvalue weighted by atomic mass is 16.5. The van der Waals surface area contributed by atoms with Crippen molar-refractivity contribution in [3.63, 3.8) is 0 Å². The lowest BCUT2D eigenvalue weighted by atomic mass is 10.1. The summed E-state index contributed by atoms with van der Waals surface area (Å²) < 4.78 is 7.45. The fourth-order valence-electron chi connectivity index (χ4n) is 3.44. The van der Waals surface area contributed by atoms with E-state index in [0.717, 1.165) is 42.1 Å². The molecule has 0 bridgehead atoms. The van der Waals surface area contributed by atoms with Crippen LogP contribution in [0.25, 0.3) is 0 Å². The number of aromatic nitrogens is 2. The number of aryl methyl sites for hydroxylation is 1. The Labute approximate surface area is 160 Å². The smallest absolute Gasteiger partial charge is 0.315 e. The SMILES string of the molecule is Cc1nn(CC(C)C)c(C)c1CC(=O)Oc1ccc(N2CCCC2=O)cc1. The summed E-state index contributed by atoms with van der Waals surface area (Å²) >= 11 is 0. The Balaban J connectivity index is 1.64. The van der Waals surface area contributed by atoms with E-state index in [4.69, 9.17) is 4.74 Å². The molecule has 6 heteroatoms. The topological polar surface area (TPSA) is 64.4 Å². The van der Waals surface area contributed by atoms with Crippen molar-refractivity contribution in [2.24, 2.45) is 5.92 Å². The van der Waals surface area contributed by atoms with Crippen LogP contribution in [-0.4, -0.2) is 28.2 Å². The number of benzene rings is 1. The maximum Gasteiger partial charge on any atom is 0.315 e. The Bertz CT molecular complexity index is 837. The molecule has 0 atom stereocenters. The third-order valence-electron chi connectivity index (χ3n) is 4.84. The van der Waals surface area contributed by atoms with Gasteiger partial charge in [0.2, 0.25) is 5.91 Å². The van der Waals surface area contributed by atoms with Crippen LogP contribution in [0.1, 0.15) is 43.6 Å². The largest absolute Gasteiger partial charge is 0.426 e. The summed E-state index contributed by atoms with van der Waals surface area (Å²) in [5.41, 5.74) is 3.66. The Morgan fingerprint density at radius 3 is 2.52 bits per heavy atom. The van der Waals surface area contributed by atoms with E-state index in [0.29, 0.717) is 18.1 Å². The Morgan fingerprint density at radius 1 is 1.22 bits per heavy atom. The van der Waals surface area contributed by atoms with Crippen LogP contribution in [0.3, 0.4) is 0 Å². The molecule has 1 aromatic carbocycles. The first-order valence-electron chi connectivity index (χ1n) is 9.49. The van der Waals surface area contributed by atoms with Gasteiger partial charge in [0.05, 0.1) is 12.1 Å². The first-order chi connectivity index (χ1) is 12.8. The Hall–Kier alpha value is -2.63. The van der Waals surface area contributed by atoms with Crippen molar-refractivity contribution >= 4 is 17.6 Å². The maximum absolute atomic E-state index is 12.4. The number of esters is 1. The first kappa shape index (κ1) is 19.1. The second-order valence-corrected chi connectivity index (χ2v) is 7.52. The van der Waals surface area contributed by atoms with Gasteiger partial charge in [0.1, 0.15) is 5.75 Å². The number of carbonyl (C=O) groups excluding carboxylic acids is 2. The van der Waals surface area contributed by atoms with Crippen LogP contribution in [0.5, 0.6) is 5.75 Å². The molecule has 144 valence electrons. The fraction of sp³-hybridized carbons (Fsp3) is 0.476. The Kier molecular flexibility index (Phi) is 5.63. The van der Waals surface area contributed by atoms with Gasteiger partial charge >= 0.3 is 5.97 Å². The summed E-state index contributed by atoms with van der Waals surface area (Å²) in [6, 6.07) is 7.12. The van der Waals surface area contributed by atoms with E-state index in [9.17, 15) is 9.59 Å². The highest BCUT2D eigenvalue weighted by molar-refractivity contribution is 5.95. The molecule has 0 spiro atoms. The maximum atomic E-state index is 12.4. The summed E-state index contributed by atoms with van der Waals surface area (Å²) in [6.45, 7) is 9.78. The standard InChI is InChI=1S/C21H27N3O3/c1-14(2)13-24-16(4)19(15(3)22-24)12-21(26)27-18-9-7-17(8-10-18)23-11-5-6-20(23)25/h7-10,14H,5-6,11-13H2,1-4H3. The van der Waals surface area contributed by atoms with Gasteiger partial charge < -0.3 is 9.64 Å². The molecule has 27 heavy (non-hydrogen) atoms. The van der Waals surface area contributed by atoms with Gasteiger partial charge in [-0.25, -0.2) is 0 Å². The van der Waals surface area contributed by atoms with Gasteiger partial charge in [-0.15, -0.1) is 0 Å². The first-order valence-corrected chi connectivity index (χ1v) is 9.49. The van der Waals surface area contributed by atoms with Crippen molar-refractivity contribution in [2.75, 3.05) is 11.4 Å². The number of hydrogen-bond acceptors (Lipinski definition) is 4. The molecule has 3 rings (SSSR count). The zero-order chi connectivity index (χ0) is 19.6. The van der Waals surface area contributed by atoms with Crippen molar-refractivity contribution in [1.29, 1.82) is 0 Å². The third kappa shape index (κ3) is 4.38. The van der Waals surface area contributed by atoms with Crippen LogP contribution in [0.2, 0.25) is 0 Å². The van der Waals surface area contributed by atoms with Gasteiger partial charge in [-0.05, 0) is 50.5 Å². The fourth-order valence-corrected chi connectivity index (χ4v) is 3.44. The van der Waals surface area contributed by atoms with Gasteiger partial charge in [0.15, 0.2) is 0 Å². The second kappa shape index (κ2) is 7.94. The molecule has 1 amide bonds. The number of carbonyl (C=O) groups is 2. The number of ether oxygens (including phenoxy) is 1. The molecule has 2 aromatic rings. The van der Waals surface area contributed by atoms with Gasteiger partial charge in [-0.1, -0.05) is 13.8 Å². The van der Waals surface area contributed by atoms with Crippen molar-refractivity contribution in [3.05, 3.63) is 41.2 Å². The van der Waals surface area contributed by atoms with Crippen molar-refractivity contribution < 1.29 is 14.3 Å². The van der Waals surface area contributed by atoms with E-state index >= 15 is 0 Å². The van der Waals surface area contributed by atoms with Crippen molar-refractivity contribution in [2.45, 2.75) is 53.5 Å². The van der Waals surface area contributed by atoms with Crippen LogP contribution in [0, 0.1) is 19.8 Å². The van der Waals surface area contributed by atoms with Crippen LogP contribution in [-0.2, 0) is 22.6 Å². The van der Waals surface area contributed by atoms with Gasteiger partial charge in [-0.3, -0.25) is 14.3 Å². The van der Waals surface area contributed by atoms with Crippen LogP contribution in [0.15, 0.2) is 24.3 Å². The predicted octanol–water partition coefficient (Wildman–Crippen LogP) is 3.43. The molecule has 0 unspecified atom stereocenters. The number of nitrogens with zero attached hydrogens (tertiary/aromatic N) is 3. The van der Waals surface area contributed by atoms with E-state index in [1.54, 1.807) is 17.0 Å². The monoisotopic (exact) mass is 369 g/mol. The number of hydrogen-bond donors (Lipinski definition) is 0. The number of amides is 1. The lowest BCUT2D eigenvalue weighted by molar-refractivity contribution is -0.133. The normalized spacial score (nSPS) is 14.3. The quantitative estimate of drug-likeness (QED) is 0.578. The molecule has 1 saturated heterocycles. The molecule has 0 aliphatic carbocycles. The summed E-state index contributed by atoms with van der Waals surface area (Å²) in [5, 5.41) is 4.54. The minimum atomic E-state index is -0.310. The molecule has 2 heterocycles. The highest BCUT2D eigenvalue weighted by Gasteiger charge is 2.22. The summed E-state index contributed by atoms with van der Waals surface area (Å²) in [4.78, 5) is 26.0. The van der Waals surface area contributed by atoms with E-state index in [1.807, 2.05) is 30.7 Å².